The highest BCUT2D eigenvalue weighted by Gasteiger charge is 2.13. The summed E-state index contributed by atoms with van der Waals surface area (Å²) in [5, 5.41) is 4.14. The largest absolute Gasteiger partial charge is 0.493 e. The van der Waals surface area contributed by atoms with Gasteiger partial charge in [-0.3, -0.25) is 0 Å². The highest BCUT2D eigenvalue weighted by molar-refractivity contribution is 6.30. The summed E-state index contributed by atoms with van der Waals surface area (Å²) in [6.45, 7) is 5.33. The molecule has 5 heteroatoms. The Kier molecular flexibility index (Phi) is 8.24. The first-order valence-corrected chi connectivity index (χ1v) is 7.81. The van der Waals surface area contributed by atoms with Crippen molar-refractivity contribution in [3.05, 3.63) is 58.6 Å². The molecule has 2 rings (SSSR count). The molecule has 23 heavy (non-hydrogen) atoms. The molecule has 0 bridgehead atoms. The maximum Gasteiger partial charge on any atom is 0.165 e. The van der Waals surface area contributed by atoms with Gasteiger partial charge in [-0.2, -0.15) is 0 Å². The van der Waals surface area contributed by atoms with E-state index in [2.05, 4.69) is 24.4 Å². The van der Waals surface area contributed by atoms with Gasteiger partial charge in [-0.1, -0.05) is 41.9 Å². The van der Waals surface area contributed by atoms with Gasteiger partial charge in [-0.05, 0) is 25.5 Å². The lowest BCUT2D eigenvalue weighted by atomic mass is 10.1. The predicted octanol–water partition coefficient (Wildman–Crippen LogP) is 5.02. The molecule has 1 atom stereocenters. The van der Waals surface area contributed by atoms with Crippen LogP contribution in [-0.4, -0.2) is 13.7 Å². The van der Waals surface area contributed by atoms with E-state index in [4.69, 9.17) is 21.1 Å². The van der Waals surface area contributed by atoms with Gasteiger partial charge in [0.1, 0.15) is 0 Å². The van der Waals surface area contributed by atoms with Gasteiger partial charge in [-0.15, -0.1) is 12.4 Å². The summed E-state index contributed by atoms with van der Waals surface area (Å²) >= 11 is 6.17. The van der Waals surface area contributed by atoms with E-state index in [9.17, 15) is 0 Å². The predicted molar refractivity (Wildman–Crippen MR) is 98.1 cm³/mol. The Balaban J connectivity index is 0.00000264. The second kappa shape index (κ2) is 9.66. The number of rotatable bonds is 7. The molecule has 0 aliphatic rings. The van der Waals surface area contributed by atoms with E-state index in [0.717, 1.165) is 11.3 Å². The zero-order valence-electron chi connectivity index (χ0n) is 13.6. The molecule has 0 saturated heterocycles. The molecule has 0 spiro atoms. The Morgan fingerprint density at radius 3 is 2.48 bits per heavy atom. The molecule has 0 saturated carbocycles. The molecule has 2 aromatic carbocycles. The van der Waals surface area contributed by atoms with Gasteiger partial charge in [-0.25, -0.2) is 0 Å². The lowest BCUT2D eigenvalue weighted by Gasteiger charge is -2.18. The monoisotopic (exact) mass is 355 g/mol. The van der Waals surface area contributed by atoms with Gasteiger partial charge >= 0.3 is 0 Å². The van der Waals surface area contributed by atoms with Crippen molar-refractivity contribution in [1.82, 2.24) is 5.32 Å². The van der Waals surface area contributed by atoms with E-state index in [1.54, 1.807) is 13.2 Å². The van der Waals surface area contributed by atoms with Crippen LogP contribution in [0.5, 0.6) is 11.5 Å². The van der Waals surface area contributed by atoms with Crippen molar-refractivity contribution in [2.45, 2.75) is 26.4 Å². The fraction of sp³-hybridized carbons (Fsp3) is 0.333. The van der Waals surface area contributed by atoms with Crippen molar-refractivity contribution in [1.29, 1.82) is 0 Å². The third kappa shape index (κ3) is 5.31. The molecule has 0 aliphatic heterocycles. The fourth-order valence-electron chi connectivity index (χ4n) is 2.34. The van der Waals surface area contributed by atoms with Gasteiger partial charge in [0.25, 0.3) is 0 Å². The van der Waals surface area contributed by atoms with Crippen LogP contribution in [0.25, 0.3) is 0 Å². The number of hydrogen-bond acceptors (Lipinski definition) is 3. The van der Waals surface area contributed by atoms with Crippen molar-refractivity contribution >= 4 is 24.0 Å². The first kappa shape index (κ1) is 19.6. The Bertz CT molecular complexity index is 605. The summed E-state index contributed by atoms with van der Waals surface area (Å²) in [4.78, 5) is 0. The van der Waals surface area contributed by atoms with Gasteiger partial charge in [0.2, 0.25) is 0 Å². The van der Waals surface area contributed by atoms with Crippen LogP contribution in [0.2, 0.25) is 5.02 Å². The normalized spacial score (nSPS) is 11.5. The van der Waals surface area contributed by atoms with Crippen LogP contribution in [-0.2, 0) is 6.54 Å². The quantitative estimate of drug-likeness (QED) is 0.756. The molecule has 0 aliphatic carbocycles. The molecule has 2 aromatic rings. The Labute approximate surface area is 149 Å². The number of benzene rings is 2. The minimum atomic E-state index is 0. The maximum atomic E-state index is 6.17. The molecule has 1 N–H and O–H groups in total. The van der Waals surface area contributed by atoms with Crippen molar-refractivity contribution in [2.75, 3.05) is 13.7 Å². The number of halogens is 2. The number of ether oxygens (including phenoxy) is 2. The molecule has 0 amide bonds. The lowest BCUT2D eigenvalue weighted by Crippen LogP contribution is -2.18. The van der Waals surface area contributed by atoms with Crippen LogP contribution in [0.1, 0.15) is 31.0 Å². The van der Waals surface area contributed by atoms with Crippen molar-refractivity contribution < 1.29 is 9.47 Å². The highest BCUT2D eigenvalue weighted by Crippen LogP contribution is 2.35. The Morgan fingerprint density at radius 1 is 1.17 bits per heavy atom. The molecule has 0 radical (unpaired) electrons. The fourth-order valence-corrected chi connectivity index (χ4v) is 2.57. The maximum absolute atomic E-state index is 6.17. The molecule has 0 fully saturated rings. The lowest BCUT2D eigenvalue weighted by molar-refractivity contribution is 0.306. The average molecular weight is 356 g/mol. The minimum absolute atomic E-state index is 0. The van der Waals surface area contributed by atoms with Crippen LogP contribution >= 0.6 is 24.0 Å². The standard InChI is InChI=1S/C18H22ClNO2.ClH/c1-4-22-18-15(10-16(19)11-17(18)21-3)12-20-13(2)14-8-6-5-7-9-14;/h5-11,13,20H,4,12H2,1-3H3;1H. The third-order valence-electron chi connectivity index (χ3n) is 3.50. The summed E-state index contributed by atoms with van der Waals surface area (Å²) in [7, 11) is 1.62. The van der Waals surface area contributed by atoms with Crippen LogP contribution in [0.4, 0.5) is 0 Å². The second-order valence-corrected chi connectivity index (χ2v) is 5.48. The molecule has 0 aromatic heterocycles. The second-order valence-electron chi connectivity index (χ2n) is 5.04. The van der Waals surface area contributed by atoms with E-state index in [1.807, 2.05) is 31.2 Å². The average Bonchev–Trinajstić information content (AvgIpc) is 2.55. The van der Waals surface area contributed by atoms with Gasteiger partial charge in [0, 0.05) is 29.2 Å². The molecule has 0 heterocycles. The first-order chi connectivity index (χ1) is 10.7. The van der Waals surface area contributed by atoms with Gasteiger partial charge in [0.15, 0.2) is 11.5 Å². The Morgan fingerprint density at radius 2 is 1.87 bits per heavy atom. The summed E-state index contributed by atoms with van der Waals surface area (Å²) in [6.07, 6.45) is 0. The van der Waals surface area contributed by atoms with E-state index < -0.39 is 0 Å². The number of methoxy groups -OCH3 is 1. The summed E-state index contributed by atoms with van der Waals surface area (Å²) in [6, 6.07) is 14.3. The van der Waals surface area contributed by atoms with Crippen LogP contribution in [0, 0.1) is 0 Å². The summed E-state index contributed by atoms with van der Waals surface area (Å²) in [5.41, 5.74) is 2.24. The zero-order valence-corrected chi connectivity index (χ0v) is 15.2. The van der Waals surface area contributed by atoms with Crippen molar-refractivity contribution in [3.63, 3.8) is 0 Å². The molecule has 3 nitrogen and oxygen atoms in total. The first-order valence-electron chi connectivity index (χ1n) is 7.43. The SMILES string of the molecule is CCOc1c(CNC(C)c2ccccc2)cc(Cl)cc1OC.Cl. The molecular formula is C18H23Cl2NO2. The summed E-state index contributed by atoms with van der Waals surface area (Å²) < 4.78 is 11.1. The highest BCUT2D eigenvalue weighted by atomic mass is 35.5. The van der Waals surface area contributed by atoms with Crippen LogP contribution < -0.4 is 14.8 Å². The zero-order chi connectivity index (χ0) is 15.9. The van der Waals surface area contributed by atoms with E-state index in [1.165, 1.54) is 5.56 Å². The van der Waals surface area contributed by atoms with E-state index >= 15 is 0 Å². The van der Waals surface area contributed by atoms with Crippen molar-refractivity contribution in [2.24, 2.45) is 0 Å². The number of nitrogens with one attached hydrogen (secondary N) is 1. The van der Waals surface area contributed by atoms with Gasteiger partial charge < -0.3 is 14.8 Å². The van der Waals surface area contributed by atoms with Crippen LogP contribution in [0.3, 0.4) is 0 Å². The van der Waals surface area contributed by atoms with Crippen LogP contribution in [0.15, 0.2) is 42.5 Å². The minimum Gasteiger partial charge on any atom is -0.493 e. The third-order valence-corrected chi connectivity index (χ3v) is 3.72. The van der Waals surface area contributed by atoms with E-state index in [-0.39, 0.29) is 18.4 Å². The number of hydrogen-bond donors (Lipinski definition) is 1. The molecular weight excluding hydrogens is 333 g/mol. The smallest absolute Gasteiger partial charge is 0.165 e. The van der Waals surface area contributed by atoms with E-state index in [0.29, 0.717) is 23.9 Å². The van der Waals surface area contributed by atoms with Gasteiger partial charge in [0.05, 0.1) is 13.7 Å². The summed E-state index contributed by atoms with van der Waals surface area (Å²) in [5.74, 6) is 1.42. The Hall–Kier alpha value is -1.42. The topological polar surface area (TPSA) is 30.5 Å². The van der Waals surface area contributed by atoms with Crippen molar-refractivity contribution in [3.8, 4) is 11.5 Å². The molecule has 126 valence electrons. The molecule has 1 unspecified atom stereocenters.